The first-order chi connectivity index (χ1) is 13.7. The van der Waals surface area contributed by atoms with Crippen molar-refractivity contribution in [3.05, 3.63) is 47.0 Å². The predicted octanol–water partition coefficient (Wildman–Crippen LogP) is 4.07. The number of thiazole rings is 2. The average molecular weight is 410 g/mol. The van der Waals surface area contributed by atoms with Crippen LogP contribution in [0.4, 0.5) is 21.9 Å². The van der Waals surface area contributed by atoms with Crippen LogP contribution in [0, 0.1) is 0 Å². The van der Waals surface area contributed by atoms with Gasteiger partial charge in [0.1, 0.15) is 0 Å². The van der Waals surface area contributed by atoms with Crippen molar-refractivity contribution in [2.75, 3.05) is 16.8 Å². The van der Waals surface area contributed by atoms with Gasteiger partial charge in [-0.05, 0) is 31.0 Å². The molecule has 28 heavy (non-hydrogen) atoms. The van der Waals surface area contributed by atoms with Crippen LogP contribution in [0.1, 0.15) is 22.5 Å². The quantitative estimate of drug-likeness (QED) is 0.519. The van der Waals surface area contributed by atoms with E-state index in [0.29, 0.717) is 10.9 Å². The Balaban J connectivity index is 1.43. The van der Waals surface area contributed by atoms with E-state index in [0.717, 1.165) is 46.1 Å². The Labute approximate surface area is 167 Å². The lowest BCUT2D eigenvalue weighted by Crippen LogP contribution is -2.26. The fraction of sp³-hybridized carbons (Fsp3) is 0.167. The van der Waals surface area contributed by atoms with E-state index in [4.69, 9.17) is 5.11 Å². The second-order valence-electron chi connectivity index (χ2n) is 6.27. The lowest BCUT2D eigenvalue weighted by molar-refractivity contribution is 0.0691. The molecule has 0 saturated heterocycles. The van der Waals surface area contributed by atoms with Crippen molar-refractivity contribution in [2.24, 2.45) is 0 Å². The molecule has 3 aromatic heterocycles. The highest BCUT2D eigenvalue weighted by Crippen LogP contribution is 2.35. The number of benzene rings is 1. The van der Waals surface area contributed by atoms with Crippen LogP contribution in [-0.2, 0) is 6.42 Å². The van der Waals surface area contributed by atoms with E-state index in [1.165, 1.54) is 11.3 Å². The van der Waals surface area contributed by atoms with Crippen LogP contribution in [0.5, 0.6) is 0 Å². The topological polar surface area (TPSA) is 104 Å². The summed E-state index contributed by atoms with van der Waals surface area (Å²) in [5, 5.41) is 24.0. The summed E-state index contributed by atoms with van der Waals surface area (Å²) in [5.41, 5.74) is 2.05. The van der Waals surface area contributed by atoms with Crippen molar-refractivity contribution >= 4 is 60.8 Å². The smallest absolute Gasteiger partial charge is 0.355 e. The molecule has 0 atom stereocenters. The Kier molecular flexibility index (Phi) is 4.14. The number of nitrogens with zero attached hydrogens (tertiary/aromatic N) is 5. The molecule has 4 heterocycles. The van der Waals surface area contributed by atoms with E-state index < -0.39 is 5.97 Å². The van der Waals surface area contributed by atoms with Gasteiger partial charge in [0, 0.05) is 17.5 Å². The van der Waals surface area contributed by atoms with Crippen LogP contribution in [0.3, 0.4) is 0 Å². The summed E-state index contributed by atoms with van der Waals surface area (Å²) in [6.07, 6.45) is 1.81. The normalized spacial score (nSPS) is 13.5. The zero-order chi connectivity index (χ0) is 19.1. The summed E-state index contributed by atoms with van der Waals surface area (Å²) in [6, 6.07) is 9.95. The van der Waals surface area contributed by atoms with Gasteiger partial charge in [0.15, 0.2) is 27.6 Å². The van der Waals surface area contributed by atoms with Crippen LogP contribution in [0.15, 0.2) is 35.7 Å². The number of hydrogen-bond acceptors (Lipinski definition) is 9. The van der Waals surface area contributed by atoms with Crippen molar-refractivity contribution in [2.45, 2.75) is 12.8 Å². The summed E-state index contributed by atoms with van der Waals surface area (Å²) < 4.78 is 1.11. The third-order valence-corrected chi connectivity index (χ3v) is 6.22. The molecule has 2 N–H and O–H groups in total. The maximum Gasteiger partial charge on any atom is 0.355 e. The molecule has 0 amide bonds. The van der Waals surface area contributed by atoms with Gasteiger partial charge in [-0.2, -0.15) is 0 Å². The highest BCUT2D eigenvalue weighted by Gasteiger charge is 2.24. The van der Waals surface area contributed by atoms with Gasteiger partial charge in [0.25, 0.3) is 0 Å². The maximum absolute atomic E-state index is 11.1. The fourth-order valence-corrected chi connectivity index (χ4v) is 4.84. The highest BCUT2D eigenvalue weighted by molar-refractivity contribution is 7.22. The first-order valence-electron chi connectivity index (χ1n) is 8.63. The zero-order valence-corrected chi connectivity index (χ0v) is 16.1. The van der Waals surface area contributed by atoms with Gasteiger partial charge in [-0.3, -0.25) is 0 Å². The summed E-state index contributed by atoms with van der Waals surface area (Å²) in [4.78, 5) is 21.8. The van der Waals surface area contributed by atoms with Crippen molar-refractivity contribution in [1.29, 1.82) is 0 Å². The molecule has 10 heteroatoms. The minimum atomic E-state index is -1.03. The first kappa shape index (κ1) is 17.0. The number of para-hydroxylation sites is 1. The number of aromatic carboxylic acids is 1. The molecule has 1 aliphatic rings. The van der Waals surface area contributed by atoms with Crippen LogP contribution in [0.2, 0.25) is 0 Å². The number of fused-ring (bicyclic) bond motifs is 2. The van der Waals surface area contributed by atoms with Gasteiger partial charge in [-0.25, -0.2) is 14.8 Å². The zero-order valence-electron chi connectivity index (χ0n) is 14.5. The largest absolute Gasteiger partial charge is 0.476 e. The standard InChI is InChI=1S/C18H14N6O2S2/c25-16(26)12-9-27-18(20-12)24-7-3-4-10-8-14(22-23-15(10)24)21-17-19-11-5-1-2-6-13(11)28-17/h1-2,5-6,8-9H,3-4,7H2,(H,25,26)(H,19,21,22). The third-order valence-electron chi connectivity index (χ3n) is 4.41. The summed E-state index contributed by atoms with van der Waals surface area (Å²) in [6.45, 7) is 0.735. The van der Waals surface area contributed by atoms with Gasteiger partial charge < -0.3 is 15.3 Å². The van der Waals surface area contributed by atoms with Gasteiger partial charge in [0.2, 0.25) is 0 Å². The number of aromatic nitrogens is 4. The van der Waals surface area contributed by atoms with Gasteiger partial charge in [0.05, 0.1) is 10.2 Å². The molecule has 0 radical (unpaired) electrons. The Morgan fingerprint density at radius 2 is 2.11 bits per heavy atom. The molecule has 1 aliphatic heterocycles. The van der Waals surface area contributed by atoms with Crippen molar-refractivity contribution in [3.63, 3.8) is 0 Å². The van der Waals surface area contributed by atoms with Gasteiger partial charge in [-0.15, -0.1) is 21.5 Å². The maximum atomic E-state index is 11.1. The van der Waals surface area contributed by atoms with E-state index in [1.54, 1.807) is 16.7 Å². The molecular weight excluding hydrogens is 396 g/mol. The molecule has 0 spiro atoms. The fourth-order valence-electron chi connectivity index (χ4n) is 3.14. The number of rotatable bonds is 4. The number of nitrogens with one attached hydrogen (secondary N) is 1. The molecule has 140 valence electrons. The number of carboxylic acid groups (broad SMARTS) is 1. The average Bonchev–Trinajstić information content (AvgIpc) is 3.34. The molecule has 8 nitrogen and oxygen atoms in total. The highest BCUT2D eigenvalue weighted by atomic mass is 32.1. The van der Waals surface area contributed by atoms with Crippen LogP contribution >= 0.6 is 22.7 Å². The lowest BCUT2D eigenvalue weighted by Gasteiger charge is -2.27. The van der Waals surface area contributed by atoms with E-state index >= 15 is 0 Å². The van der Waals surface area contributed by atoms with E-state index in [2.05, 4.69) is 25.5 Å². The lowest BCUT2D eigenvalue weighted by atomic mass is 10.1. The SMILES string of the molecule is O=C(O)c1csc(N2CCCc3cc(Nc4nc5ccccc5s4)nnc32)n1. The number of carboxylic acids is 1. The van der Waals surface area contributed by atoms with Crippen molar-refractivity contribution in [3.8, 4) is 0 Å². The second-order valence-corrected chi connectivity index (χ2v) is 8.13. The molecule has 1 aromatic carbocycles. The summed E-state index contributed by atoms with van der Waals surface area (Å²) in [7, 11) is 0. The molecule has 0 bridgehead atoms. The molecular formula is C18H14N6O2S2. The minimum absolute atomic E-state index is 0.0502. The molecule has 0 saturated carbocycles. The van der Waals surface area contributed by atoms with Crippen LogP contribution in [0.25, 0.3) is 10.2 Å². The van der Waals surface area contributed by atoms with E-state index in [9.17, 15) is 4.79 Å². The number of carbonyl (C=O) groups is 1. The molecule has 0 fully saturated rings. The number of hydrogen-bond donors (Lipinski definition) is 2. The predicted molar refractivity (Wildman–Crippen MR) is 109 cm³/mol. The van der Waals surface area contributed by atoms with Crippen molar-refractivity contribution < 1.29 is 9.90 Å². The number of anilines is 4. The molecule has 5 rings (SSSR count). The van der Waals surface area contributed by atoms with E-state index in [1.807, 2.05) is 35.2 Å². The monoisotopic (exact) mass is 410 g/mol. The second kappa shape index (κ2) is 6.80. The molecule has 4 aromatic rings. The van der Waals surface area contributed by atoms with Crippen LogP contribution in [-0.4, -0.2) is 37.8 Å². The van der Waals surface area contributed by atoms with E-state index in [-0.39, 0.29) is 5.69 Å². The van der Waals surface area contributed by atoms with Crippen LogP contribution < -0.4 is 10.2 Å². The Morgan fingerprint density at radius 1 is 1.21 bits per heavy atom. The molecule has 0 aliphatic carbocycles. The van der Waals surface area contributed by atoms with Crippen molar-refractivity contribution in [1.82, 2.24) is 20.2 Å². The third kappa shape index (κ3) is 3.06. The molecule has 0 unspecified atom stereocenters. The summed E-state index contributed by atoms with van der Waals surface area (Å²) in [5.74, 6) is 0.346. The van der Waals surface area contributed by atoms with Gasteiger partial charge in [-0.1, -0.05) is 23.5 Å². The Morgan fingerprint density at radius 3 is 2.93 bits per heavy atom. The Hall–Kier alpha value is -3.11. The first-order valence-corrected chi connectivity index (χ1v) is 10.3. The van der Waals surface area contributed by atoms with Gasteiger partial charge >= 0.3 is 5.97 Å². The minimum Gasteiger partial charge on any atom is -0.476 e. The number of aryl methyl sites for hydroxylation is 1. The Bertz CT molecular complexity index is 1150. The summed E-state index contributed by atoms with van der Waals surface area (Å²) >= 11 is 2.87.